The van der Waals surface area contributed by atoms with E-state index in [2.05, 4.69) is 10.1 Å². The summed E-state index contributed by atoms with van der Waals surface area (Å²) in [6.45, 7) is 1.94. The van der Waals surface area contributed by atoms with Gasteiger partial charge in [0.15, 0.2) is 0 Å². The minimum atomic E-state index is -2.96. The van der Waals surface area contributed by atoms with Crippen LogP contribution in [0.15, 0.2) is 24.3 Å². The van der Waals surface area contributed by atoms with Crippen molar-refractivity contribution in [3.8, 4) is 5.75 Å². The van der Waals surface area contributed by atoms with Gasteiger partial charge in [0, 0.05) is 5.41 Å². The van der Waals surface area contributed by atoms with Crippen LogP contribution in [0.3, 0.4) is 0 Å². The normalized spacial score (nSPS) is 12.9. The van der Waals surface area contributed by atoms with Gasteiger partial charge in [0.25, 0.3) is 0 Å². The van der Waals surface area contributed by atoms with Crippen LogP contribution in [0, 0.1) is 5.41 Å². The Balaban J connectivity index is 2.91. The van der Waals surface area contributed by atoms with E-state index in [4.69, 9.17) is 0 Å². The fourth-order valence-electron chi connectivity index (χ4n) is 1.47. The molecule has 1 amide bonds. The molecule has 0 aliphatic heterocycles. The maximum Gasteiger partial charge on any atom is 0.387 e. The lowest BCUT2D eigenvalue weighted by molar-refractivity contribution is -0.308. The van der Waals surface area contributed by atoms with Gasteiger partial charge in [-0.25, -0.2) is 0 Å². The molecule has 1 atom stereocenters. The highest BCUT2D eigenvalue weighted by atomic mass is 19.3. The van der Waals surface area contributed by atoms with E-state index in [1.165, 1.54) is 24.3 Å². The van der Waals surface area contributed by atoms with Crippen LogP contribution in [-0.4, -0.2) is 18.5 Å². The zero-order valence-electron chi connectivity index (χ0n) is 11.9. The Kier molecular flexibility index (Phi) is 5.23. The molecule has 0 bridgehead atoms. The molecule has 1 aromatic rings. The summed E-state index contributed by atoms with van der Waals surface area (Å²) in [5.74, 6) is -2.06. The molecule has 7 heteroatoms. The third-order valence-corrected chi connectivity index (χ3v) is 2.63. The lowest BCUT2D eigenvalue weighted by atomic mass is 9.94. The van der Waals surface area contributed by atoms with Crippen LogP contribution in [0.25, 0.3) is 0 Å². The van der Waals surface area contributed by atoms with Crippen LogP contribution >= 0.6 is 0 Å². The SMILES string of the molecule is CC(C)(C)C(=O)N[C@@H](C(=O)[O-])c1ccc(OC(F)F)cc1. The number of aliphatic carboxylic acids is 1. The molecule has 1 N–H and O–H groups in total. The molecule has 0 aliphatic rings. The highest BCUT2D eigenvalue weighted by Crippen LogP contribution is 2.21. The van der Waals surface area contributed by atoms with Crippen molar-refractivity contribution in [2.24, 2.45) is 5.41 Å². The Labute approximate surface area is 120 Å². The monoisotopic (exact) mass is 300 g/mol. The van der Waals surface area contributed by atoms with Crippen molar-refractivity contribution in [1.82, 2.24) is 5.32 Å². The number of halogens is 2. The summed E-state index contributed by atoms with van der Waals surface area (Å²) in [6, 6.07) is 3.58. The summed E-state index contributed by atoms with van der Waals surface area (Å²) < 4.78 is 28.2. The van der Waals surface area contributed by atoms with Gasteiger partial charge in [-0.1, -0.05) is 32.9 Å². The molecule has 0 fully saturated rings. The van der Waals surface area contributed by atoms with E-state index >= 15 is 0 Å². The van der Waals surface area contributed by atoms with E-state index in [9.17, 15) is 23.5 Å². The zero-order valence-corrected chi connectivity index (χ0v) is 11.9. The van der Waals surface area contributed by atoms with Crippen molar-refractivity contribution in [2.45, 2.75) is 33.4 Å². The molecule has 0 aromatic heterocycles. The summed E-state index contributed by atoms with van der Waals surface area (Å²) in [7, 11) is 0. The van der Waals surface area contributed by atoms with Crippen molar-refractivity contribution in [2.75, 3.05) is 0 Å². The summed E-state index contributed by atoms with van der Waals surface area (Å²) in [5, 5.41) is 13.5. The van der Waals surface area contributed by atoms with Crippen LogP contribution in [-0.2, 0) is 9.59 Å². The van der Waals surface area contributed by atoms with E-state index in [-0.39, 0.29) is 11.3 Å². The van der Waals surface area contributed by atoms with Crippen molar-refractivity contribution in [3.05, 3.63) is 29.8 Å². The molecule has 5 nitrogen and oxygen atoms in total. The number of benzene rings is 1. The van der Waals surface area contributed by atoms with Crippen LogP contribution in [0.5, 0.6) is 5.75 Å². The summed E-state index contributed by atoms with van der Waals surface area (Å²) in [4.78, 5) is 23.0. The minimum Gasteiger partial charge on any atom is -0.548 e. The van der Waals surface area contributed by atoms with Crippen molar-refractivity contribution in [3.63, 3.8) is 0 Å². The van der Waals surface area contributed by atoms with Crippen LogP contribution < -0.4 is 15.2 Å². The highest BCUT2D eigenvalue weighted by molar-refractivity contribution is 5.86. The number of hydrogen-bond donors (Lipinski definition) is 1. The quantitative estimate of drug-likeness (QED) is 0.887. The smallest absolute Gasteiger partial charge is 0.387 e. The fraction of sp³-hybridized carbons (Fsp3) is 0.429. The number of amides is 1. The molecule has 1 rings (SSSR count). The molecule has 1 aromatic carbocycles. The number of rotatable bonds is 5. The van der Waals surface area contributed by atoms with Gasteiger partial charge in [-0.05, 0) is 17.7 Å². The zero-order chi connectivity index (χ0) is 16.2. The highest BCUT2D eigenvalue weighted by Gasteiger charge is 2.25. The number of alkyl halides is 2. The van der Waals surface area contributed by atoms with E-state index < -0.39 is 29.9 Å². The van der Waals surface area contributed by atoms with E-state index in [1.807, 2.05) is 0 Å². The Morgan fingerprint density at radius 1 is 1.19 bits per heavy atom. The topological polar surface area (TPSA) is 78.5 Å². The van der Waals surface area contributed by atoms with Gasteiger partial charge in [-0.2, -0.15) is 8.78 Å². The number of carboxylic acid groups (broad SMARTS) is 1. The second kappa shape index (κ2) is 6.51. The van der Waals surface area contributed by atoms with Gasteiger partial charge in [0.1, 0.15) is 5.75 Å². The number of carboxylic acids is 1. The molecule has 0 aliphatic carbocycles. The molecule has 0 heterocycles. The first kappa shape index (κ1) is 16.9. The molecule has 0 spiro atoms. The fourth-order valence-corrected chi connectivity index (χ4v) is 1.47. The van der Waals surface area contributed by atoms with Crippen molar-refractivity contribution < 1.29 is 28.2 Å². The van der Waals surface area contributed by atoms with E-state index in [1.54, 1.807) is 20.8 Å². The lowest BCUT2D eigenvalue weighted by Crippen LogP contribution is -2.45. The number of nitrogens with one attached hydrogen (secondary N) is 1. The maximum atomic E-state index is 12.0. The Morgan fingerprint density at radius 3 is 2.10 bits per heavy atom. The number of hydrogen-bond acceptors (Lipinski definition) is 4. The predicted molar refractivity (Wildman–Crippen MR) is 68.4 cm³/mol. The lowest BCUT2D eigenvalue weighted by Gasteiger charge is -2.25. The van der Waals surface area contributed by atoms with Crippen LogP contribution in [0.4, 0.5) is 8.78 Å². The number of carbonyl (C=O) groups excluding carboxylic acids is 2. The largest absolute Gasteiger partial charge is 0.548 e. The average Bonchev–Trinajstić information content (AvgIpc) is 2.34. The van der Waals surface area contributed by atoms with E-state index in [0.29, 0.717) is 0 Å². The average molecular weight is 300 g/mol. The molecule has 0 radical (unpaired) electrons. The number of carbonyl (C=O) groups is 2. The van der Waals surface area contributed by atoms with Crippen molar-refractivity contribution in [1.29, 1.82) is 0 Å². The first-order valence-corrected chi connectivity index (χ1v) is 6.18. The molecular formula is C14H16F2NO4-. The molecular weight excluding hydrogens is 284 g/mol. The van der Waals surface area contributed by atoms with Gasteiger partial charge in [0.05, 0.1) is 12.0 Å². The molecule has 0 saturated heterocycles. The minimum absolute atomic E-state index is 0.104. The van der Waals surface area contributed by atoms with Gasteiger partial charge in [-0.15, -0.1) is 0 Å². The Bertz CT molecular complexity index is 509. The Morgan fingerprint density at radius 2 is 1.71 bits per heavy atom. The second-order valence-corrected chi connectivity index (χ2v) is 5.42. The second-order valence-electron chi connectivity index (χ2n) is 5.42. The molecule has 116 valence electrons. The summed E-state index contributed by atoms with van der Waals surface area (Å²) in [6.07, 6.45) is 0. The Hall–Kier alpha value is -2.18. The summed E-state index contributed by atoms with van der Waals surface area (Å²) >= 11 is 0. The van der Waals surface area contributed by atoms with Crippen LogP contribution in [0.1, 0.15) is 32.4 Å². The first-order valence-electron chi connectivity index (χ1n) is 6.18. The third-order valence-electron chi connectivity index (χ3n) is 2.63. The first-order chi connectivity index (χ1) is 9.61. The summed E-state index contributed by atoms with van der Waals surface area (Å²) in [5.41, 5.74) is -0.568. The van der Waals surface area contributed by atoms with Gasteiger partial charge in [-0.3, -0.25) is 4.79 Å². The van der Waals surface area contributed by atoms with Gasteiger partial charge in [0.2, 0.25) is 5.91 Å². The predicted octanol–water partition coefficient (Wildman–Crippen LogP) is 1.24. The molecule has 0 saturated carbocycles. The standard InChI is InChI=1S/C14H17F2NO4/c1-14(2,3)12(20)17-10(11(18)19)8-4-6-9(7-5-8)21-13(15)16/h4-7,10,13H,1-3H3,(H,17,20)(H,18,19)/p-1/t10-/m1/s1. The van der Waals surface area contributed by atoms with Crippen LogP contribution in [0.2, 0.25) is 0 Å². The van der Waals surface area contributed by atoms with E-state index in [0.717, 1.165) is 0 Å². The molecule has 21 heavy (non-hydrogen) atoms. The number of ether oxygens (including phenoxy) is 1. The van der Waals surface area contributed by atoms with Gasteiger partial charge < -0.3 is 20.0 Å². The maximum absolute atomic E-state index is 12.0. The molecule has 0 unspecified atom stereocenters. The van der Waals surface area contributed by atoms with Crippen molar-refractivity contribution >= 4 is 11.9 Å². The van der Waals surface area contributed by atoms with Gasteiger partial charge >= 0.3 is 6.61 Å². The third kappa shape index (κ3) is 5.02.